The second-order valence-electron chi connectivity index (χ2n) is 7.45. The van der Waals surface area contributed by atoms with Gasteiger partial charge in [0.05, 0.1) is 9.82 Å². The van der Waals surface area contributed by atoms with Gasteiger partial charge < -0.3 is 10.2 Å². The average Bonchev–Trinajstić information content (AvgIpc) is 3.04. The summed E-state index contributed by atoms with van der Waals surface area (Å²) < 4.78 is 27.0. The second-order valence-corrected chi connectivity index (χ2v) is 9.38. The van der Waals surface area contributed by atoms with E-state index in [2.05, 4.69) is 4.90 Å². The molecule has 0 aromatic heterocycles. The van der Waals surface area contributed by atoms with Crippen LogP contribution in [0.1, 0.15) is 38.5 Å². The van der Waals surface area contributed by atoms with Crippen LogP contribution in [0.2, 0.25) is 0 Å². The maximum atomic E-state index is 12.7. The van der Waals surface area contributed by atoms with Crippen molar-refractivity contribution in [2.45, 2.75) is 49.5 Å². The smallest absolute Gasteiger partial charge is 0.414 e. The highest BCUT2D eigenvalue weighted by atomic mass is 32.2. The van der Waals surface area contributed by atoms with Gasteiger partial charge in [-0.3, -0.25) is 15.0 Å². The maximum absolute atomic E-state index is 12.7. The fourth-order valence-electron chi connectivity index (χ4n) is 3.82. The average molecular weight is 458 g/mol. The van der Waals surface area contributed by atoms with Crippen LogP contribution >= 0.6 is 0 Å². The minimum Gasteiger partial charge on any atom is -0.473 e. The number of hydrogen-bond acceptors (Lipinski definition) is 7. The molecular formula is C19H27N3O8S. The number of sulfonamides is 1. The van der Waals surface area contributed by atoms with E-state index in [0.29, 0.717) is 19.1 Å². The number of non-ortho nitro benzene ring substituents is 1. The molecule has 2 fully saturated rings. The maximum Gasteiger partial charge on any atom is 0.414 e. The van der Waals surface area contributed by atoms with Gasteiger partial charge >= 0.3 is 11.9 Å². The van der Waals surface area contributed by atoms with Gasteiger partial charge in [-0.05, 0) is 25.0 Å². The summed E-state index contributed by atoms with van der Waals surface area (Å²) in [5, 5.41) is 25.5. The van der Waals surface area contributed by atoms with E-state index < -0.39 is 26.9 Å². The number of benzene rings is 1. The van der Waals surface area contributed by atoms with Crippen molar-refractivity contribution in [3.8, 4) is 0 Å². The Labute approximate surface area is 180 Å². The Morgan fingerprint density at radius 2 is 1.39 bits per heavy atom. The number of hydrogen-bond donors (Lipinski definition) is 2. The third kappa shape index (κ3) is 6.97. The Morgan fingerprint density at radius 1 is 0.903 bits per heavy atom. The molecule has 11 nitrogen and oxygen atoms in total. The lowest BCUT2D eigenvalue weighted by Crippen LogP contribution is -2.51. The second kappa shape index (κ2) is 11.2. The fraction of sp³-hybridized carbons (Fsp3) is 0.579. The van der Waals surface area contributed by atoms with Gasteiger partial charge in [-0.15, -0.1) is 0 Å². The first kappa shape index (κ1) is 24.7. The molecule has 3 rings (SSSR count). The van der Waals surface area contributed by atoms with E-state index in [4.69, 9.17) is 19.8 Å². The van der Waals surface area contributed by atoms with Crippen molar-refractivity contribution in [3.05, 3.63) is 34.4 Å². The third-order valence-electron chi connectivity index (χ3n) is 5.48. The lowest BCUT2D eigenvalue weighted by molar-refractivity contribution is -0.384. The minimum atomic E-state index is -3.58. The molecule has 1 aliphatic heterocycles. The number of aliphatic carboxylic acids is 2. The van der Waals surface area contributed by atoms with Crippen LogP contribution in [0.25, 0.3) is 0 Å². The van der Waals surface area contributed by atoms with Gasteiger partial charge in [0.25, 0.3) is 5.69 Å². The van der Waals surface area contributed by atoms with Crippen LogP contribution in [-0.2, 0) is 19.6 Å². The van der Waals surface area contributed by atoms with Crippen LogP contribution < -0.4 is 0 Å². The zero-order valence-electron chi connectivity index (χ0n) is 17.1. The first-order valence-electron chi connectivity index (χ1n) is 10.1. The number of piperazine rings is 1. The van der Waals surface area contributed by atoms with Crippen molar-refractivity contribution >= 4 is 27.6 Å². The molecule has 0 spiro atoms. The topological polar surface area (TPSA) is 158 Å². The van der Waals surface area contributed by atoms with E-state index in [1.54, 1.807) is 0 Å². The molecule has 1 saturated carbocycles. The van der Waals surface area contributed by atoms with Gasteiger partial charge in [0.1, 0.15) is 0 Å². The molecule has 1 aliphatic carbocycles. The number of nitrogens with zero attached hydrogens (tertiary/aromatic N) is 3. The molecular weight excluding hydrogens is 430 g/mol. The van der Waals surface area contributed by atoms with Gasteiger partial charge in [0, 0.05) is 44.4 Å². The summed E-state index contributed by atoms with van der Waals surface area (Å²) in [6, 6.07) is 5.73. The summed E-state index contributed by atoms with van der Waals surface area (Å²) in [4.78, 5) is 31.0. The van der Waals surface area contributed by atoms with Crippen LogP contribution in [0.4, 0.5) is 5.69 Å². The molecule has 12 heteroatoms. The molecule has 0 radical (unpaired) electrons. The quantitative estimate of drug-likeness (QED) is 0.297. The molecule has 31 heavy (non-hydrogen) atoms. The molecule has 0 atom stereocenters. The summed E-state index contributed by atoms with van der Waals surface area (Å²) in [6.45, 7) is 2.49. The number of rotatable bonds is 4. The summed E-state index contributed by atoms with van der Waals surface area (Å²) in [5.74, 6) is -3.65. The molecule has 0 bridgehead atoms. The molecule has 0 unspecified atom stereocenters. The number of nitro benzene ring substituents is 1. The molecule has 2 N–H and O–H groups in total. The van der Waals surface area contributed by atoms with Gasteiger partial charge in [-0.25, -0.2) is 18.0 Å². The molecule has 172 valence electrons. The van der Waals surface area contributed by atoms with Crippen LogP contribution in [0.15, 0.2) is 29.2 Å². The first-order valence-corrected chi connectivity index (χ1v) is 11.5. The summed E-state index contributed by atoms with van der Waals surface area (Å²) in [7, 11) is -3.58. The molecule has 2 aliphatic rings. The highest BCUT2D eigenvalue weighted by Gasteiger charge is 2.31. The molecule has 1 saturated heterocycles. The Kier molecular flexibility index (Phi) is 8.89. The van der Waals surface area contributed by atoms with E-state index in [1.807, 2.05) is 0 Å². The predicted octanol–water partition coefficient (Wildman–Crippen LogP) is 1.78. The zero-order valence-corrected chi connectivity index (χ0v) is 17.9. The lowest BCUT2D eigenvalue weighted by Gasteiger charge is -2.38. The number of nitro groups is 1. The van der Waals surface area contributed by atoms with Crippen molar-refractivity contribution in [1.82, 2.24) is 9.21 Å². The molecule has 1 aromatic rings. The van der Waals surface area contributed by atoms with Crippen molar-refractivity contribution in [2.75, 3.05) is 26.2 Å². The summed E-state index contributed by atoms with van der Waals surface area (Å²) in [5.41, 5.74) is -0.0999. The van der Waals surface area contributed by atoms with Crippen LogP contribution in [-0.4, -0.2) is 76.9 Å². The van der Waals surface area contributed by atoms with Crippen molar-refractivity contribution in [2.24, 2.45) is 0 Å². The van der Waals surface area contributed by atoms with Gasteiger partial charge in [-0.2, -0.15) is 4.31 Å². The lowest BCUT2D eigenvalue weighted by atomic mass is 10.1. The standard InChI is InChI=1S/C17H25N3O4S.C2H2O4/c21-20(22)16-7-9-17(10-8-16)25(23,24)19-13-11-18(12-14-19)15-5-3-1-2-4-6-15;3-1(4)2(5)6/h7-10,15H,1-6,11-14H2;(H,3,4)(H,5,6). The number of carboxylic acids is 2. The molecule has 1 heterocycles. The van der Waals surface area contributed by atoms with Gasteiger partial charge in [-0.1, -0.05) is 25.7 Å². The first-order chi connectivity index (χ1) is 14.6. The summed E-state index contributed by atoms with van der Waals surface area (Å²) in [6.07, 6.45) is 7.60. The normalized spacial score (nSPS) is 19.0. The third-order valence-corrected chi connectivity index (χ3v) is 7.40. The fourth-order valence-corrected chi connectivity index (χ4v) is 5.24. The van der Waals surface area contributed by atoms with E-state index in [1.165, 1.54) is 67.1 Å². The minimum absolute atomic E-state index is 0.0999. The predicted molar refractivity (Wildman–Crippen MR) is 110 cm³/mol. The van der Waals surface area contributed by atoms with Crippen molar-refractivity contribution in [1.29, 1.82) is 0 Å². The van der Waals surface area contributed by atoms with E-state index in [0.717, 1.165) is 13.1 Å². The Balaban J connectivity index is 0.000000501. The highest BCUT2D eigenvalue weighted by molar-refractivity contribution is 7.89. The zero-order chi connectivity index (χ0) is 23.0. The number of carboxylic acid groups (broad SMARTS) is 2. The van der Waals surface area contributed by atoms with Gasteiger partial charge in [0.15, 0.2) is 0 Å². The SMILES string of the molecule is O=C(O)C(=O)O.O=[N+]([O-])c1ccc(S(=O)(=O)N2CCN(C3CCCCCC3)CC2)cc1. The summed E-state index contributed by atoms with van der Waals surface area (Å²) >= 11 is 0. The van der Waals surface area contributed by atoms with E-state index in [-0.39, 0.29) is 10.6 Å². The van der Waals surface area contributed by atoms with Crippen LogP contribution in [0.3, 0.4) is 0 Å². The monoisotopic (exact) mass is 457 g/mol. The Hall–Kier alpha value is -2.57. The number of carbonyl (C=O) groups is 2. The van der Waals surface area contributed by atoms with E-state index in [9.17, 15) is 18.5 Å². The Bertz CT molecular complexity index is 860. The van der Waals surface area contributed by atoms with E-state index >= 15 is 0 Å². The highest BCUT2D eigenvalue weighted by Crippen LogP contribution is 2.25. The molecule has 0 amide bonds. The van der Waals surface area contributed by atoms with Crippen LogP contribution in [0, 0.1) is 10.1 Å². The molecule has 1 aromatic carbocycles. The Morgan fingerprint density at radius 3 is 1.81 bits per heavy atom. The van der Waals surface area contributed by atoms with Crippen LogP contribution in [0.5, 0.6) is 0 Å². The van der Waals surface area contributed by atoms with Gasteiger partial charge in [0.2, 0.25) is 10.0 Å². The van der Waals surface area contributed by atoms with Crippen molar-refractivity contribution < 1.29 is 33.1 Å². The van der Waals surface area contributed by atoms with Crippen molar-refractivity contribution in [3.63, 3.8) is 0 Å². The largest absolute Gasteiger partial charge is 0.473 e.